The lowest BCUT2D eigenvalue weighted by atomic mass is 9.46. The van der Waals surface area contributed by atoms with Crippen molar-refractivity contribution >= 4 is 29.5 Å². The van der Waals surface area contributed by atoms with Gasteiger partial charge in [-0.1, -0.05) is 65.0 Å². The lowest BCUT2D eigenvalue weighted by molar-refractivity contribution is -0.169. The first-order valence-electron chi connectivity index (χ1n) is 27.1. The molecule has 4 heterocycles. The van der Waals surface area contributed by atoms with E-state index in [-0.39, 0.29) is 78.3 Å². The molecule has 3 saturated heterocycles. The van der Waals surface area contributed by atoms with Crippen LogP contribution < -0.4 is 5.43 Å². The number of epoxide rings is 3. The van der Waals surface area contributed by atoms with Crippen LogP contribution in [0, 0.1) is 46.3 Å². The van der Waals surface area contributed by atoms with E-state index in [9.17, 15) is 29.4 Å². The number of carbonyl (C=O) groups is 4. The molecule has 6 saturated carbocycles. The number of hydrazone groups is 1. The van der Waals surface area contributed by atoms with E-state index in [1.807, 2.05) is 6.92 Å². The maximum absolute atomic E-state index is 13.7. The van der Waals surface area contributed by atoms with Crippen molar-refractivity contribution in [2.24, 2.45) is 51.4 Å². The van der Waals surface area contributed by atoms with Gasteiger partial charge in [-0.05, 0) is 154 Å². The van der Waals surface area contributed by atoms with E-state index in [2.05, 4.69) is 76.0 Å². The highest BCUT2D eigenvalue weighted by atomic mass is 16.8. The SMILES string of the molecule is C=C1/C(=C\C=C2/CCC[C@]3(C)C2CCC3[C@H](C)/C=C/C(OC(=O)CCC/C(C)=N/NC(=O)CCC(=O)O[C@H]2[C@]3(C(C)C)O[C@@H]3[C@H]3O[C@@]34[C@@]23O[C@@H]3C[C@@H]2C3=C(CC[C@]24C)C(=O)OC3)C2CC2)C[C@H](O)C[C@H]1O. The third kappa shape index (κ3) is 7.91. The van der Waals surface area contributed by atoms with Crippen molar-refractivity contribution in [3.63, 3.8) is 0 Å². The molecule has 0 bridgehead atoms. The Bertz CT molecular complexity index is 2420. The van der Waals surface area contributed by atoms with Crippen LogP contribution in [0.2, 0.25) is 0 Å². The zero-order valence-corrected chi connectivity index (χ0v) is 42.7. The standard InChI is InChI=1S/C57H76N2O12/c1-30(2)55-49(70-55)50-57(71-50)54(7)25-23-38-39(29-66-51(38)65)42(54)28-45-56(57,69-45)52(55)68-48(64)22-21-46(62)59-58-32(4)10-8-12-47(63)67-44(35-15-16-35)20-13-31(3)40-18-19-41-34(11-9-24-53(40,41)6)14-17-36-26-37(60)27-43(61)33(36)5/h13-14,17,20,30-31,35,37,40-45,49-50,52,60-61H,5,8-12,15-16,18-19,21-29H2,1-4,6-7H3,(H,59,62)/b20-13+,34-14+,36-17-,58-32+/t31-,37+,40?,41?,42-,43-,44?,45-,49-,50-,52+,53+,54-,55-,56+,57+/m1/s1. The number of allylic oxidation sites excluding steroid dienone is 4. The number of hydrogen-bond acceptors (Lipinski definition) is 13. The first-order valence-corrected chi connectivity index (χ1v) is 27.1. The van der Waals surface area contributed by atoms with Crippen LogP contribution in [0.4, 0.5) is 0 Å². The number of fused-ring (bicyclic) bond motifs is 5. The van der Waals surface area contributed by atoms with Gasteiger partial charge in [0.1, 0.15) is 36.1 Å². The maximum atomic E-state index is 13.7. The van der Waals surface area contributed by atoms with Crippen molar-refractivity contribution < 1.29 is 57.8 Å². The van der Waals surface area contributed by atoms with Crippen LogP contribution in [0.5, 0.6) is 0 Å². The zero-order chi connectivity index (χ0) is 50.0. The number of aliphatic hydroxyl groups excluding tert-OH is 2. The van der Waals surface area contributed by atoms with Gasteiger partial charge in [-0.15, -0.1) is 0 Å². The minimum Gasteiger partial charge on any atom is -0.458 e. The Labute approximate surface area is 418 Å². The van der Waals surface area contributed by atoms with Gasteiger partial charge in [0.05, 0.1) is 24.7 Å². The minimum atomic E-state index is -0.858. The first-order chi connectivity index (χ1) is 33.9. The van der Waals surface area contributed by atoms with Crippen LogP contribution in [0.3, 0.4) is 0 Å². The highest BCUT2D eigenvalue weighted by molar-refractivity contribution is 5.92. The third-order valence-corrected chi connectivity index (χ3v) is 20.1. The van der Waals surface area contributed by atoms with Gasteiger partial charge in [-0.2, -0.15) is 5.10 Å². The van der Waals surface area contributed by atoms with Crippen molar-refractivity contribution in [3.8, 4) is 0 Å². The molecule has 0 aromatic carbocycles. The van der Waals surface area contributed by atoms with Crippen molar-refractivity contribution in [2.45, 2.75) is 210 Å². The maximum Gasteiger partial charge on any atom is 0.334 e. The van der Waals surface area contributed by atoms with Crippen LogP contribution in [-0.2, 0) is 47.6 Å². The van der Waals surface area contributed by atoms with Gasteiger partial charge in [0.2, 0.25) is 5.91 Å². The van der Waals surface area contributed by atoms with Gasteiger partial charge in [0.15, 0.2) is 11.7 Å². The molecule has 4 aliphatic heterocycles. The number of cyclic esters (lactones) is 1. The molecule has 14 nitrogen and oxygen atoms in total. The molecule has 7 aliphatic carbocycles. The van der Waals surface area contributed by atoms with Crippen molar-refractivity contribution in [3.05, 3.63) is 58.7 Å². The van der Waals surface area contributed by atoms with Crippen LogP contribution in [-0.4, -0.2) is 106 Å². The van der Waals surface area contributed by atoms with Crippen LogP contribution in [0.15, 0.2) is 63.8 Å². The summed E-state index contributed by atoms with van der Waals surface area (Å²) in [5, 5.41) is 24.9. The van der Waals surface area contributed by atoms with Gasteiger partial charge < -0.3 is 38.6 Å². The first kappa shape index (κ1) is 49.3. The number of amides is 1. The van der Waals surface area contributed by atoms with E-state index in [0.29, 0.717) is 74.5 Å². The molecule has 14 heteroatoms. The molecule has 0 radical (unpaired) electrons. The number of ether oxygens (including phenoxy) is 6. The topological polar surface area (TPSA) is 198 Å². The van der Waals surface area contributed by atoms with Gasteiger partial charge in [0, 0.05) is 36.0 Å². The second-order valence-electron chi connectivity index (χ2n) is 24.3. The van der Waals surface area contributed by atoms with Gasteiger partial charge >= 0.3 is 17.9 Å². The summed E-state index contributed by atoms with van der Waals surface area (Å²) in [6.07, 6.45) is 17.8. The molecule has 2 spiro atoms. The van der Waals surface area contributed by atoms with E-state index in [4.69, 9.17) is 28.4 Å². The predicted octanol–water partition coefficient (Wildman–Crippen LogP) is 7.75. The number of aliphatic hydroxyl groups is 2. The average Bonchev–Trinajstić information content (AvgIpc) is 4.17. The van der Waals surface area contributed by atoms with Crippen molar-refractivity contribution in [2.75, 3.05) is 6.61 Å². The molecule has 11 aliphatic rings. The van der Waals surface area contributed by atoms with E-state index < -0.39 is 47.0 Å². The Kier molecular flexibility index (Phi) is 12.4. The molecular weight excluding hydrogens is 905 g/mol. The molecule has 3 unspecified atom stereocenters. The van der Waals surface area contributed by atoms with Crippen molar-refractivity contribution in [1.29, 1.82) is 0 Å². The van der Waals surface area contributed by atoms with Crippen molar-refractivity contribution in [1.82, 2.24) is 5.43 Å². The molecule has 71 heavy (non-hydrogen) atoms. The number of carbonyl (C=O) groups excluding carboxylic acids is 4. The van der Waals surface area contributed by atoms with E-state index in [1.54, 1.807) is 0 Å². The fraction of sp³-hybridized carbons (Fsp3) is 0.737. The minimum absolute atomic E-state index is 0.0221. The van der Waals surface area contributed by atoms with E-state index in [1.165, 1.54) is 12.0 Å². The summed E-state index contributed by atoms with van der Waals surface area (Å²) in [7, 11) is 0. The predicted molar refractivity (Wildman–Crippen MR) is 261 cm³/mol. The molecule has 11 rings (SSSR count). The van der Waals surface area contributed by atoms with E-state index in [0.717, 1.165) is 67.2 Å². The summed E-state index contributed by atoms with van der Waals surface area (Å²) in [5.74, 6) is 0.438. The van der Waals surface area contributed by atoms with Crippen LogP contribution >= 0.6 is 0 Å². The monoisotopic (exact) mass is 981 g/mol. The Hall–Kier alpha value is -3.95. The summed E-state index contributed by atoms with van der Waals surface area (Å²) in [5.41, 5.74) is 5.80. The second-order valence-corrected chi connectivity index (χ2v) is 24.3. The summed E-state index contributed by atoms with van der Waals surface area (Å²) >= 11 is 0. The lowest BCUT2D eigenvalue weighted by Gasteiger charge is -2.53. The number of esters is 3. The van der Waals surface area contributed by atoms with Gasteiger partial charge in [0.25, 0.3) is 0 Å². The number of nitrogens with one attached hydrogen (secondary N) is 1. The fourth-order valence-corrected chi connectivity index (χ4v) is 16.0. The molecule has 9 fully saturated rings. The van der Waals surface area contributed by atoms with Crippen LogP contribution in [0.1, 0.15) is 151 Å². The summed E-state index contributed by atoms with van der Waals surface area (Å²) in [6.45, 7) is 17.4. The smallest absolute Gasteiger partial charge is 0.334 e. The Morgan fingerprint density at radius 1 is 0.915 bits per heavy atom. The average molecular weight is 981 g/mol. The Balaban J connectivity index is 0.637. The Morgan fingerprint density at radius 2 is 1.72 bits per heavy atom. The molecular formula is C57H76N2O12. The highest BCUT2D eigenvalue weighted by Crippen LogP contribution is 2.83. The van der Waals surface area contributed by atoms with E-state index >= 15 is 0 Å². The molecule has 0 aromatic rings. The Morgan fingerprint density at radius 3 is 2.49 bits per heavy atom. The third-order valence-electron chi connectivity index (χ3n) is 20.1. The number of rotatable bonds is 16. The largest absolute Gasteiger partial charge is 0.458 e. The lowest BCUT2D eigenvalue weighted by Crippen LogP contribution is -2.70. The van der Waals surface area contributed by atoms with Gasteiger partial charge in [-0.25, -0.2) is 10.2 Å². The molecule has 3 N–H and O–H groups in total. The van der Waals surface area contributed by atoms with Crippen LogP contribution in [0.25, 0.3) is 0 Å². The summed E-state index contributed by atoms with van der Waals surface area (Å²) < 4.78 is 38.0. The van der Waals surface area contributed by atoms with Gasteiger partial charge in [-0.3, -0.25) is 14.4 Å². The summed E-state index contributed by atoms with van der Waals surface area (Å²) in [6, 6.07) is 0. The fourth-order valence-electron chi connectivity index (χ4n) is 16.0. The normalized spacial score (nSPS) is 43.6. The quantitative estimate of drug-likeness (QED) is 0.0340. The second kappa shape index (κ2) is 17.9. The molecule has 386 valence electrons. The molecule has 16 atom stereocenters. The molecule has 0 aromatic heterocycles. The number of nitrogens with zero attached hydrogens (tertiary/aromatic N) is 1. The molecule has 1 amide bonds. The highest BCUT2D eigenvalue weighted by Gasteiger charge is 3.01. The zero-order valence-electron chi connectivity index (χ0n) is 42.7. The number of hydrogen-bond donors (Lipinski definition) is 3. The summed E-state index contributed by atoms with van der Waals surface area (Å²) in [4.78, 5) is 52.4.